The molecule has 0 bridgehead atoms. The van der Waals surface area contributed by atoms with Gasteiger partial charge in [-0.25, -0.2) is 9.97 Å². The Labute approximate surface area is 152 Å². The highest BCUT2D eigenvalue weighted by molar-refractivity contribution is 6.04. The molecule has 0 aliphatic carbocycles. The molecule has 13 heteroatoms. The minimum atomic E-state index is -4.94. The van der Waals surface area contributed by atoms with Crippen molar-refractivity contribution in [3.63, 3.8) is 0 Å². The third kappa shape index (κ3) is 7.80. The van der Waals surface area contributed by atoms with Crippen LogP contribution in [0.2, 0.25) is 0 Å². The number of hydrogen-bond acceptors (Lipinski definition) is 7. The van der Waals surface area contributed by atoms with Crippen LogP contribution in [-0.4, -0.2) is 38.4 Å². The van der Waals surface area contributed by atoms with E-state index in [2.05, 4.69) is 29.4 Å². The molecule has 2 aromatic rings. The fourth-order valence-electron chi connectivity index (χ4n) is 1.61. The molecular formula is C15H8F6N4O3. The maximum absolute atomic E-state index is 12.1. The first kappa shape index (κ1) is 20.8. The minimum absolute atomic E-state index is 0.0936. The molecule has 0 amide bonds. The number of ketones is 1. The van der Waals surface area contributed by atoms with E-state index in [-0.39, 0.29) is 11.4 Å². The van der Waals surface area contributed by atoms with E-state index in [1.807, 2.05) is 0 Å². The van der Waals surface area contributed by atoms with Gasteiger partial charge in [0, 0.05) is 0 Å². The molecule has 0 fully saturated rings. The Hall–Kier alpha value is -3.51. The van der Waals surface area contributed by atoms with E-state index in [0.29, 0.717) is 0 Å². The summed E-state index contributed by atoms with van der Waals surface area (Å²) in [4.78, 5) is 25.7. The highest BCUT2D eigenvalue weighted by atomic mass is 19.4. The van der Waals surface area contributed by atoms with E-state index in [4.69, 9.17) is 0 Å². The van der Waals surface area contributed by atoms with Crippen molar-refractivity contribution in [1.82, 2.24) is 19.9 Å². The third-order valence-corrected chi connectivity index (χ3v) is 2.54. The van der Waals surface area contributed by atoms with Gasteiger partial charge < -0.3 is 9.47 Å². The van der Waals surface area contributed by atoms with Crippen LogP contribution < -0.4 is 9.47 Å². The number of aromatic nitrogens is 4. The lowest BCUT2D eigenvalue weighted by Gasteiger charge is -2.07. The summed E-state index contributed by atoms with van der Waals surface area (Å²) >= 11 is 0. The molecular weight excluding hydrogens is 398 g/mol. The predicted octanol–water partition coefficient (Wildman–Crippen LogP) is 3.36. The predicted molar refractivity (Wildman–Crippen MR) is 80.5 cm³/mol. The molecule has 0 radical (unpaired) electrons. The normalized spacial score (nSPS) is 12.5. The molecule has 0 saturated carbocycles. The van der Waals surface area contributed by atoms with E-state index in [9.17, 15) is 31.1 Å². The lowest BCUT2D eigenvalue weighted by Crippen LogP contribution is -2.18. The lowest BCUT2D eigenvalue weighted by molar-refractivity contribution is -0.277. The van der Waals surface area contributed by atoms with E-state index in [0.717, 1.165) is 49.1 Å². The number of hydrogen-bond donors (Lipinski definition) is 0. The molecule has 2 aromatic heterocycles. The van der Waals surface area contributed by atoms with Gasteiger partial charge in [0.2, 0.25) is 11.8 Å². The molecule has 0 unspecified atom stereocenters. The molecule has 0 N–H and O–H groups in total. The van der Waals surface area contributed by atoms with Crippen LogP contribution in [0, 0.1) is 0 Å². The van der Waals surface area contributed by atoms with E-state index < -0.39 is 30.3 Å². The fraction of sp³-hybridized carbons (Fsp3) is 0.133. The van der Waals surface area contributed by atoms with Gasteiger partial charge in [0.1, 0.15) is 0 Å². The minimum Gasteiger partial charge on any atom is -0.386 e. The molecule has 2 heterocycles. The van der Waals surface area contributed by atoms with Crippen LogP contribution in [0.3, 0.4) is 0 Å². The summed E-state index contributed by atoms with van der Waals surface area (Å²) in [6.07, 6.45) is -2.22. The van der Waals surface area contributed by atoms with Gasteiger partial charge in [-0.2, -0.15) is 0 Å². The zero-order valence-electron chi connectivity index (χ0n) is 13.4. The molecule has 0 saturated heterocycles. The average Bonchev–Trinajstić information content (AvgIpc) is 2.56. The zero-order valence-corrected chi connectivity index (χ0v) is 13.4. The van der Waals surface area contributed by atoms with Crippen molar-refractivity contribution in [3.05, 3.63) is 48.3 Å². The average molecular weight is 406 g/mol. The van der Waals surface area contributed by atoms with Crippen molar-refractivity contribution in [2.45, 2.75) is 12.7 Å². The van der Waals surface area contributed by atoms with Crippen molar-refractivity contribution < 1.29 is 40.6 Å². The Morgan fingerprint density at radius 1 is 0.750 bits per heavy atom. The van der Waals surface area contributed by atoms with Crippen molar-refractivity contribution in [2.24, 2.45) is 0 Å². The Morgan fingerprint density at radius 3 is 1.50 bits per heavy atom. The molecule has 7 nitrogen and oxygen atoms in total. The first-order valence-corrected chi connectivity index (χ1v) is 7.06. The van der Waals surface area contributed by atoms with Crippen LogP contribution in [0.25, 0.3) is 12.2 Å². The second-order valence-corrected chi connectivity index (χ2v) is 4.73. The summed E-state index contributed by atoms with van der Waals surface area (Å²) in [5.74, 6) is -2.28. The summed E-state index contributed by atoms with van der Waals surface area (Å²) < 4.78 is 79.9. The molecule has 28 heavy (non-hydrogen) atoms. The van der Waals surface area contributed by atoms with Crippen LogP contribution in [0.15, 0.2) is 36.9 Å². The SMILES string of the molecule is O=C(/C=C/c1cncc(OC(F)(F)F)n1)/C=C/c1cncc(OC(F)(F)F)n1. The van der Waals surface area contributed by atoms with Gasteiger partial charge in [-0.3, -0.25) is 14.8 Å². The molecule has 0 atom stereocenters. The topological polar surface area (TPSA) is 87.1 Å². The van der Waals surface area contributed by atoms with Crippen LogP contribution in [-0.2, 0) is 4.79 Å². The Balaban J connectivity index is 2.02. The number of halogens is 6. The highest BCUT2D eigenvalue weighted by Gasteiger charge is 2.32. The summed E-state index contributed by atoms with van der Waals surface area (Å²) in [5.41, 5.74) is -0.187. The van der Waals surface area contributed by atoms with Crippen LogP contribution in [0.5, 0.6) is 11.8 Å². The van der Waals surface area contributed by atoms with Crippen LogP contribution >= 0.6 is 0 Å². The molecule has 0 aliphatic rings. The van der Waals surface area contributed by atoms with E-state index in [1.54, 1.807) is 0 Å². The maximum atomic E-state index is 12.1. The van der Waals surface area contributed by atoms with Crippen molar-refractivity contribution >= 4 is 17.9 Å². The smallest absolute Gasteiger partial charge is 0.386 e. The number of ether oxygens (including phenoxy) is 2. The standard InChI is InChI=1S/C15H8F6N4O3/c16-14(17,18)27-12-7-22-5-9(24-12)1-3-11(26)4-2-10-6-23-8-13(25-10)28-15(19,20)21/h1-8H/b3-1+,4-2+. The van der Waals surface area contributed by atoms with Crippen molar-refractivity contribution in [2.75, 3.05) is 0 Å². The lowest BCUT2D eigenvalue weighted by atomic mass is 10.2. The van der Waals surface area contributed by atoms with Gasteiger partial charge in [0.05, 0.1) is 36.2 Å². The Morgan fingerprint density at radius 2 is 1.14 bits per heavy atom. The summed E-state index contributed by atoms with van der Waals surface area (Å²) in [6, 6.07) is 0. The number of carbonyl (C=O) groups is 1. The number of carbonyl (C=O) groups excluding carboxylic acids is 1. The molecule has 0 spiro atoms. The van der Waals surface area contributed by atoms with Crippen molar-refractivity contribution in [1.29, 1.82) is 0 Å². The maximum Gasteiger partial charge on any atom is 0.574 e. The first-order valence-electron chi connectivity index (χ1n) is 7.06. The number of allylic oxidation sites excluding steroid dienone is 2. The number of rotatable bonds is 6. The molecule has 0 aromatic carbocycles. The first-order chi connectivity index (χ1) is 13.0. The van der Waals surface area contributed by atoms with Crippen molar-refractivity contribution in [3.8, 4) is 11.8 Å². The van der Waals surface area contributed by atoms with Gasteiger partial charge in [-0.15, -0.1) is 26.3 Å². The second kappa shape index (κ2) is 8.45. The number of nitrogens with zero attached hydrogens (tertiary/aromatic N) is 4. The Kier molecular flexibility index (Phi) is 6.28. The van der Waals surface area contributed by atoms with E-state index in [1.165, 1.54) is 0 Å². The van der Waals surface area contributed by atoms with Crippen LogP contribution in [0.1, 0.15) is 11.4 Å². The molecule has 0 aliphatic heterocycles. The van der Waals surface area contributed by atoms with Gasteiger partial charge in [-0.05, 0) is 24.3 Å². The second-order valence-electron chi connectivity index (χ2n) is 4.73. The largest absolute Gasteiger partial charge is 0.574 e. The monoisotopic (exact) mass is 406 g/mol. The zero-order chi connectivity index (χ0) is 20.8. The fourth-order valence-corrected chi connectivity index (χ4v) is 1.61. The number of alkyl halides is 6. The van der Waals surface area contributed by atoms with Gasteiger partial charge in [0.15, 0.2) is 5.78 Å². The summed E-state index contributed by atoms with van der Waals surface area (Å²) in [7, 11) is 0. The van der Waals surface area contributed by atoms with Gasteiger partial charge in [0.25, 0.3) is 0 Å². The summed E-state index contributed by atoms with van der Waals surface area (Å²) in [5, 5.41) is 0. The third-order valence-electron chi connectivity index (χ3n) is 2.54. The van der Waals surface area contributed by atoms with Gasteiger partial charge >= 0.3 is 12.7 Å². The highest BCUT2D eigenvalue weighted by Crippen LogP contribution is 2.21. The summed E-state index contributed by atoms with van der Waals surface area (Å²) in [6.45, 7) is 0. The molecule has 2 rings (SSSR count). The van der Waals surface area contributed by atoms with E-state index >= 15 is 0 Å². The molecule has 148 valence electrons. The Bertz CT molecular complexity index is 824. The quantitative estimate of drug-likeness (QED) is 0.537. The van der Waals surface area contributed by atoms with Crippen LogP contribution in [0.4, 0.5) is 26.3 Å². The van der Waals surface area contributed by atoms with Gasteiger partial charge in [-0.1, -0.05) is 0 Å².